The first kappa shape index (κ1) is 19.3. The lowest BCUT2D eigenvalue weighted by molar-refractivity contribution is -0.145. The highest BCUT2D eigenvalue weighted by atomic mass is 35.5. The average molecular weight is 323 g/mol. The second-order valence-electron chi connectivity index (χ2n) is 4.89. The molecule has 10 heteroatoms. The lowest BCUT2D eigenvalue weighted by atomic mass is 10.0. The number of halogens is 1. The summed E-state index contributed by atoms with van der Waals surface area (Å²) in [6.07, 6.45) is -0.228. The molecule has 2 atom stereocenters. The summed E-state index contributed by atoms with van der Waals surface area (Å²) in [5, 5.41) is 10.8. The predicted octanol–water partition coefficient (Wildman–Crippen LogP) is -1.86. The van der Waals surface area contributed by atoms with E-state index >= 15 is 0 Å². The van der Waals surface area contributed by atoms with Crippen LogP contribution in [0.1, 0.15) is 20.3 Å². The van der Waals surface area contributed by atoms with Crippen LogP contribution < -0.4 is 16.5 Å². The number of rotatable bonds is 5. The van der Waals surface area contributed by atoms with Crippen molar-refractivity contribution >= 4 is 36.0 Å². The number of carbonyl (C=O) groups excluding carboxylic acids is 4. The molecule has 0 aromatic carbocycles. The first-order chi connectivity index (χ1) is 9.27. The SMILES string of the molecule is CC(C)[C@H](N)C(=O)N[C@H]1CC(=O)N(CC(=O)NO)C1=O.Cl. The minimum absolute atomic E-state index is 0. The van der Waals surface area contributed by atoms with Gasteiger partial charge < -0.3 is 11.1 Å². The first-order valence-corrected chi connectivity index (χ1v) is 6.11. The highest BCUT2D eigenvalue weighted by molar-refractivity contribution is 6.08. The van der Waals surface area contributed by atoms with E-state index in [1.807, 2.05) is 0 Å². The summed E-state index contributed by atoms with van der Waals surface area (Å²) >= 11 is 0. The molecule has 1 rings (SSSR count). The number of hydrogen-bond acceptors (Lipinski definition) is 6. The molecule has 0 saturated carbocycles. The van der Waals surface area contributed by atoms with Crippen molar-refractivity contribution in [3.05, 3.63) is 0 Å². The highest BCUT2D eigenvalue weighted by Crippen LogP contribution is 2.13. The van der Waals surface area contributed by atoms with Gasteiger partial charge in [0.15, 0.2) is 0 Å². The van der Waals surface area contributed by atoms with Gasteiger partial charge in [0.05, 0.1) is 12.5 Å². The molecule has 0 unspecified atom stereocenters. The molecule has 0 aliphatic carbocycles. The van der Waals surface area contributed by atoms with Crippen LogP contribution in [-0.2, 0) is 19.2 Å². The number of imide groups is 1. The Morgan fingerprint density at radius 2 is 2.00 bits per heavy atom. The Hall–Kier alpha value is -1.71. The maximum Gasteiger partial charge on any atom is 0.263 e. The largest absolute Gasteiger partial charge is 0.342 e. The molecule has 0 bridgehead atoms. The van der Waals surface area contributed by atoms with Gasteiger partial charge in [0, 0.05) is 0 Å². The second kappa shape index (κ2) is 7.91. The van der Waals surface area contributed by atoms with Gasteiger partial charge in [-0.1, -0.05) is 13.8 Å². The molecule has 0 aromatic heterocycles. The summed E-state index contributed by atoms with van der Waals surface area (Å²) in [7, 11) is 0. The van der Waals surface area contributed by atoms with Crippen LogP contribution in [0.3, 0.4) is 0 Å². The van der Waals surface area contributed by atoms with Gasteiger partial charge in [-0.3, -0.25) is 29.3 Å². The maximum absolute atomic E-state index is 11.9. The third kappa shape index (κ3) is 4.66. The molecule has 1 aliphatic heterocycles. The Morgan fingerprint density at radius 3 is 2.48 bits per heavy atom. The van der Waals surface area contributed by atoms with Crippen LogP contribution in [0.2, 0.25) is 0 Å². The van der Waals surface area contributed by atoms with E-state index in [0.29, 0.717) is 4.90 Å². The van der Waals surface area contributed by atoms with Gasteiger partial charge in [0.2, 0.25) is 11.8 Å². The fraction of sp³-hybridized carbons (Fsp3) is 0.636. The van der Waals surface area contributed by atoms with Crippen molar-refractivity contribution in [3.8, 4) is 0 Å². The van der Waals surface area contributed by atoms with Gasteiger partial charge in [0.25, 0.3) is 11.8 Å². The molecule has 1 fully saturated rings. The molecule has 21 heavy (non-hydrogen) atoms. The van der Waals surface area contributed by atoms with Gasteiger partial charge in [-0.05, 0) is 5.92 Å². The zero-order chi connectivity index (χ0) is 15.4. The maximum atomic E-state index is 11.9. The Kier molecular flexibility index (Phi) is 7.27. The van der Waals surface area contributed by atoms with Crippen molar-refractivity contribution in [1.29, 1.82) is 0 Å². The van der Waals surface area contributed by atoms with E-state index in [1.54, 1.807) is 13.8 Å². The van der Waals surface area contributed by atoms with Gasteiger partial charge >= 0.3 is 0 Å². The monoisotopic (exact) mass is 322 g/mol. The summed E-state index contributed by atoms with van der Waals surface area (Å²) in [6.45, 7) is 2.92. The number of hydrogen-bond donors (Lipinski definition) is 4. The van der Waals surface area contributed by atoms with Crippen molar-refractivity contribution in [3.63, 3.8) is 0 Å². The standard InChI is InChI=1S/C11H18N4O5.ClH/c1-5(2)9(12)10(18)13-6-3-8(17)15(11(6)19)4-7(16)14-20;/h5-6,9,20H,3-4,12H2,1-2H3,(H,13,18)(H,14,16);1H/t6-,9-;/m0./s1. The fourth-order valence-electron chi connectivity index (χ4n) is 1.71. The van der Waals surface area contributed by atoms with E-state index in [0.717, 1.165) is 0 Å². The van der Waals surface area contributed by atoms with Gasteiger partial charge in [-0.2, -0.15) is 0 Å². The third-order valence-corrected chi connectivity index (χ3v) is 3.01. The summed E-state index contributed by atoms with van der Waals surface area (Å²) < 4.78 is 0. The Balaban J connectivity index is 0.00000400. The van der Waals surface area contributed by atoms with Crippen LogP contribution in [0.25, 0.3) is 0 Å². The number of likely N-dealkylation sites (tertiary alicyclic amines) is 1. The fourth-order valence-corrected chi connectivity index (χ4v) is 1.71. The van der Waals surface area contributed by atoms with E-state index in [2.05, 4.69) is 5.32 Å². The molecule has 9 nitrogen and oxygen atoms in total. The van der Waals surface area contributed by atoms with E-state index in [4.69, 9.17) is 10.9 Å². The molecule has 1 aliphatic rings. The normalized spacial score (nSPS) is 19.3. The van der Waals surface area contributed by atoms with E-state index in [1.165, 1.54) is 5.48 Å². The van der Waals surface area contributed by atoms with Crippen LogP contribution in [-0.4, -0.2) is 52.4 Å². The Morgan fingerprint density at radius 1 is 1.43 bits per heavy atom. The van der Waals surface area contributed by atoms with Crippen LogP contribution in [0, 0.1) is 5.92 Å². The van der Waals surface area contributed by atoms with Crippen LogP contribution in [0.15, 0.2) is 0 Å². The molecule has 4 amide bonds. The zero-order valence-electron chi connectivity index (χ0n) is 11.7. The lowest BCUT2D eigenvalue weighted by Crippen LogP contribution is -2.50. The number of carbonyl (C=O) groups is 4. The quantitative estimate of drug-likeness (QED) is 0.266. The molecular formula is C11H19ClN4O5. The summed E-state index contributed by atoms with van der Waals surface area (Å²) in [6, 6.07) is -1.81. The molecule has 5 N–H and O–H groups in total. The topological polar surface area (TPSA) is 142 Å². The third-order valence-electron chi connectivity index (χ3n) is 3.01. The number of amides is 4. The Labute approximate surface area is 127 Å². The minimum Gasteiger partial charge on any atom is -0.342 e. The number of nitrogens with zero attached hydrogens (tertiary/aromatic N) is 1. The van der Waals surface area contributed by atoms with Crippen LogP contribution in [0.4, 0.5) is 0 Å². The van der Waals surface area contributed by atoms with Crippen LogP contribution >= 0.6 is 12.4 Å². The smallest absolute Gasteiger partial charge is 0.263 e. The lowest BCUT2D eigenvalue weighted by Gasteiger charge is -2.18. The van der Waals surface area contributed by atoms with Gasteiger partial charge in [0.1, 0.15) is 12.6 Å². The molecule has 120 valence electrons. The van der Waals surface area contributed by atoms with Crippen LogP contribution in [0.5, 0.6) is 0 Å². The van der Waals surface area contributed by atoms with Crippen molar-refractivity contribution in [2.75, 3.05) is 6.54 Å². The molecule has 1 heterocycles. The van der Waals surface area contributed by atoms with E-state index < -0.39 is 42.3 Å². The van der Waals surface area contributed by atoms with E-state index in [-0.39, 0.29) is 24.7 Å². The number of hydroxylamine groups is 1. The second-order valence-corrected chi connectivity index (χ2v) is 4.89. The first-order valence-electron chi connectivity index (χ1n) is 6.11. The molecular weight excluding hydrogens is 304 g/mol. The average Bonchev–Trinajstić information content (AvgIpc) is 2.65. The summed E-state index contributed by atoms with van der Waals surface area (Å²) in [5.74, 6) is -2.82. The van der Waals surface area contributed by atoms with Gasteiger partial charge in [-0.15, -0.1) is 12.4 Å². The summed E-state index contributed by atoms with van der Waals surface area (Å²) in [4.78, 5) is 46.9. The molecule has 1 saturated heterocycles. The minimum atomic E-state index is -1.02. The zero-order valence-corrected chi connectivity index (χ0v) is 12.5. The highest BCUT2D eigenvalue weighted by Gasteiger charge is 2.40. The van der Waals surface area contributed by atoms with Gasteiger partial charge in [-0.25, -0.2) is 5.48 Å². The van der Waals surface area contributed by atoms with Crippen molar-refractivity contribution < 1.29 is 24.4 Å². The van der Waals surface area contributed by atoms with Crippen molar-refractivity contribution in [2.24, 2.45) is 11.7 Å². The van der Waals surface area contributed by atoms with E-state index in [9.17, 15) is 19.2 Å². The van der Waals surface area contributed by atoms with Crippen molar-refractivity contribution in [1.82, 2.24) is 15.7 Å². The number of nitrogens with one attached hydrogen (secondary N) is 2. The molecule has 0 aromatic rings. The molecule has 0 radical (unpaired) electrons. The Bertz CT molecular complexity index is 442. The predicted molar refractivity (Wildman–Crippen MR) is 73.3 cm³/mol. The van der Waals surface area contributed by atoms with Crippen molar-refractivity contribution in [2.45, 2.75) is 32.4 Å². The summed E-state index contributed by atoms with van der Waals surface area (Å²) in [5.41, 5.74) is 6.97. The number of nitrogens with two attached hydrogens (primary N) is 1. The molecule has 0 spiro atoms.